The Morgan fingerprint density at radius 1 is 0.956 bits per heavy atom. The van der Waals surface area contributed by atoms with Crippen LogP contribution in [0.5, 0.6) is 0 Å². The number of rotatable bonds is 5. The van der Waals surface area contributed by atoms with Crippen LogP contribution >= 0.6 is 15.9 Å². The van der Waals surface area contributed by atoms with Crippen molar-refractivity contribution in [3.63, 3.8) is 0 Å². The van der Waals surface area contributed by atoms with Crippen LogP contribution in [0.4, 0.5) is 23.2 Å². The highest BCUT2D eigenvalue weighted by atomic mass is 79.9. The standard InChI is InChI=1S/C25H20F3N5O2.C5H3BrFN.CH5N/c1-25(27,28)24(35)31-19-12-22(34)32(23(19)15-5-3-2-4-6-15)18-8-9-20-16(11-18)13-30-33(20)21-10-7-17(26)14-29-21;6-5-2-1-4(7)3-8-5;1-2/h2-11,13-14,19,23H,12H2,1H3,(H,31,35);1-3H;2H2,1H3/t19-,23?;;/m0../s1. The molecule has 2 amide bonds. The van der Waals surface area contributed by atoms with Gasteiger partial charge in [0, 0.05) is 24.4 Å². The van der Waals surface area contributed by atoms with Gasteiger partial charge in [-0.05, 0) is 71.0 Å². The second-order valence-corrected chi connectivity index (χ2v) is 10.5. The van der Waals surface area contributed by atoms with Crippen molar-refractivity contribution < 1.29 is 27.2 Å². The minimum atomic E-state index is -3.57. The number of carbonyl (C=O) groups excluding carboxylic acids is 2. The summed E-state index contributed by atoms with van der Waals surface area (Å²) < 4.78 is 54.7. The number of nitrogens with one attached hydrogen (secondary N) is 1. The number of pyridine rings is 2. The molecule has 0 radical (unpaired) electrons. The molecule has 0 aliphatic carbocycles. The summed E-state index contributed by atoms with van der Waals surface area (Å²) in [4.78, 5) is 34.4. The third-order valence-electron chi connectivity index (χ3n) is 6.63. The lowest BCUT2D eigenvalue weighted by atomic mass is 9.99. The van der Waals surface area contributed by atoms with E-state index in [0.29, 0.717) is 39.5 Å². The number of nitrogens with two attached hydrogens (primary N) is 1. The Morgan fingerprint density at radius 3 is 2.20 bits per heavy atom. The van der Waals surface area contributed by atoms with E-state index in [4.69, 9.17) is 0 Å². The predicted molar refractivity (Wildman–Crippen MR) is 165 cm³/mol. The first-order chi connectivity index (χ1) is 21.5. The van der Waals surface area contributed by atoms with Crippen LogP contribution in [0.2, 0.25) is 0 Å². The van der Waals surface area contributed by atoms with E-state index in [9.17, 15) is 27.2 Å². The summed E-state index contributed by atoms with van der Waals surface area (Å²) in [5.41, 5.74) is 6.42. The van der Waals surface area contributed by atoms with E-state index in [1.807, 2.05) is 6.07 Å². The fraction of sp³-hybridized carbons (Fsp3) is 0.194. The van der Waals surface area contributed by atoms with Crippen molar-refractivity contribution in [1.82, 2.24) is 25.1 Å². The van der Waals surface area contributed by atoms with Crippen molar-refractivity contribution in [3.05, 3.63) is 113 Å². The van der Waals surface area contributed by atoms with Gasteiger partial charge >= 0.3 is 5.92 Å². The average Bonchev–Trinajstić information content (AvgIpc) is 3.60. The summed E-state index contributed by atoms with van der Waals surface area (Å²) in [6.45, 7) is 0.524. The zero-order valence-corrected chi connectivity index (χ0v) is 25.6. The van der Waals surface area contributed by atoms with Crippen LogP contribution in [0.25, 0.3) is 16.7 Å². The van der Waals surface area contributed by atoms with Gasteiger partial charge in [0.25, 0.3) is 5.91 Å². The largest absolute Gasteiger partial charge is 0.345 e. The van der Waals surface area contributed by atoms with Crippen LogP contribution in [0, 0.1) is 11.6 Å². The maximum atomic E-state index is 13.6. The Morgan fingerprint density at radius 2 is 1.62 bits per heavy atom. The Hall–Kier alpha value is -4.69. The molecular weight excluding hydrogens is 658 g/mol. The summed E-state index contributed by atoms with van der Waals surface area (Å²) in [6, 6.07) is 18.3. The highest BCUT2D eigenvalue weighted by Gasteiger charge is 2.45. The lowest BCUT2D eigenvalue weighted by Crippen LogP contribution is -2.46. The molecule has 3 N–H and O–H groups in total. The van der Waals surface area contributed by atoms with Gasteiger partial charge in [-0.3, -0.25) is 9.59 Å². The minimum absolute atomic E-state index is 0.127. The number of nitrogens with zero attached hydrogens (tertiary/aromatic N) is 5. The Bertz CT molecular complexity index is 1730. The van der Waals surface area contributed by atoms with Gasteiger partial charge in [0.15, 0.2) is 5.82 Å². The molecule has 14 heteroatoms. The van der Waals surface area contributed by atoms with Crippen molar-refractivity contribution in [2.24, 2.45) is 5.73 Å². The molecule has 0 bridgehead atoms. The van der Waals surface area contributed by atoms with Crippen molar-refractivity contribution in [2.75, 3.05) is 11.9 Å². The van der Waals surface area contributed by atoms with Crippen LogP contribution in [0.3, 0.4) is 0 Å². The molecule has 2 aromatic carbocycles. The molecule has 6 rings (SSSR count). The molecule has 0 saturated carbocycles. The summed E-state index contributed by atoms with van der Waals surface area (Å²) in [5.74, 6) is -5.66. The smallest absolute Gasteiger partial charge is 0.321 e. The summed E-state index contributed by atoms with van der Waals surface area (Å²) in [7, 11) is 1.50. The topological polar surface area (TPSA) is 119 Å². The molecule has 9 nitrogen and oxygen atoms in total. The Kier molecular flexibility index (Phi) is 10.6. The molecule has 45 heavy (non-hydrogen) atoms. The SMILES string of the molecule is CC(F)(F)C(=O)N[C@H]1CC(=O)N(c2ccc3c(cnn3-c3ccc(F)cn3)c2)C1c1ccccc1.CN.Fc1ccc(Br)nc1. The molecule has 1 aliphatic rings. The van der Waals surface area contributed by atoms with Crippen molar-refractivity contribution >= 4 is 44.3 Å². The number of anilines is 1. The van der Waals surface area contributed by atoms with Gasteiger partial charge in [-0.15, -0.1) is 0 Å². The lowest BCUT2D eigenvalue weighted by Gasteiger charge is -2.29. The van der Waals surface area contributed by atoms with Crippen LogP contribution < -0.4 is 16.0 Å². The van der Waals surface area contributed by atoms with E-state index >= 15 is 0 Å². The zero-order chi connectivity index (χ0) is 32.7. The van der Waals surface area contributed by atoms with Crippen molar-refractivity contribution in [1.29, 1.82) is 0 Å². The Labute approximate surface area is 264 Å². The summed E-state index contributed by atoms with van der Waals surface area (Å²) >= 11 is 3.07. The van der Waals surface area contributed by atoms with Crippen LogP contribution in [-0.2, 0) is 9.59 Å². The van der Waals surface area contributed by atoms with Gasteiger partial charge in [-0.1, -0.05) is 30.3 Å². The second-order valence-electron chi connectivity index (χ2n) is 9.72. The number of hydrogen-bond donors (Lipinski definition) is 2. The quantitative estimate of drug-likeness (QED) is 0.180. The lowest BCUT2D eigenvalue weighted by molar-refractivity contribution is -0.143. The van der Waals surface area contributed by atoms with Crippen LogP contribution in [0.1, 0.15) is 24.9 Å². The van der Waals surface area contributed by atoms with Gasteiger partial charge < -0.3 is 16.0 Å². The van der Waals surface area contributed by atoms with E-state index in [0.717, 1.165) is 12.4 Å². The Balaban J connectivity index is 0.000000397. The molecular formula is C31H28BrF4N7O2. The van der Waals surface area contributed by atoms with E-state index in [1.54, 1.807) is 59.4 Å². The number of alkyl halides is 2. The number of amides is 2. The van der Waals surface area contributed by atoms with E-state index < -0.39 is 29.7 Å². The fourth-order valence-electron chi connectivity index (χ4n) is 4.70. The average molecular weight is 687 g/mol. The summed E-state index contributed by atoms with van der Waals surface area (Å²) in [6.07, 6.45) is 3.72. The van der Waals surface area contributed by atoms with Gasteiger partial charge in [0.2, 0.25) is 5.91 Å². The first-order valence-corrected chi connectivity index (χ1v) is 14.3. The minimum Gasteiger partial charge on any atom is -0.345 e. The normalized spacial score (nSPS) is 16.0. The third-order valence-corrected chi connectivity index (χ3v) is 7.10. The van der Waals surface area contributed by atoms with Gasteiger partial charge in [0.1, 0.15) is 16.2 Å². The van der Waals surface area contributed by atoms with Gasteiger partial charge in [-0.2, -0.15) is 13.9 Å². The molecule has 234 valence electrons. The molecule has 2 atom stereocenters. The van der Waals surface area contributed by atoms with Crippen molar-refractivity contribution in [2.45, 2.75) is 31.4 Å². The van der Waals surface area contributed by atoms with E-state index in [-0.39, 0.29) is 18.1 Å². The van der Waals surface area contributed by atoms with Crippen LogP contribution in [0.15, 0.2) is 96.0 Å². The number of halogens is 5. The van der Waals surface area contributed by atoms with Crippen LogP contribution in [-0.4, -0.2) is 50.6 Å². The van der Waals surface area contributed by atoms with Gasteiger partial charge in [0.05, 0.1) is 36.2 Å². The van der Waals surface area contributed by atoms with E-state index in [2.05, 4.69) is 42.0 Å². The second kappa shape index (κ2) is 14.4. The molecule has 1 saturated heterocycles. The fourth-order valence-corrected chi connectivity index (χ4v) is 4.93. The number of carbonyl (C=O) groups is 2. The predicted octanol–water partition coefficient (Wildman–Crippen LogP) is 5.74. The molecule has 1 fully saturated rings. The van der Waals surface area contributed by atoms with Gasteiger partial charge in [-0.25, -0.2) is 23.4 Å². The highest BCUT2D eigenvalue weighted by molar-refractivity contribution is 9.10. The third kappa shape index (κ3) is 7.88. The summed E-state index contributed by atoms with van der Waals surface area (Å²) in [5, 5.41) is 7.38. The molecule has 5 aromatic rings. The number of aromatic nitrogens is 4. The zero-order valence-electron chi connectivity index (χ0n) is 24.0. The molecule has 1 unspecified atom stereocenters. The molecule has 3 aromatic heterocycles. The molecule has 0 spiro atoms. The highest BCUT2D eigenvalue weighted by Crippen LogP contribution is 2.39. The molecule has 4 heterocycles. The van der Waals surface area contributed by atoms with E-state index in [1.165, 1.54) is 30.1 Å². The first kappa shape index (κ1) is 33.2. The maximum absolute atomic E-state index is 13.6. The first-order valence-electron chi connectivity index (χ1n) is 13.5. The number of fused-ring (bicyclic) bond motifs is 1. The molecule has 1 aliphatic heterocycles. The monoisotopic (exact) mass is 685 g/mol. The number of hydrogen-bond acceptors (Lipinski definition) is 6. The number of benzene rings is 2. The van der Waals surface area contributed by atoms with Crippen molar-refractivity contribution in [3.8, 4) is 5.82 Å². The maximum Gasteiger partial charge on any atom is 0.321 e.